The van der Waals surface area contributed by atoms with Crippen LogP contribution in [0.1, 0.15) is 29.8 Å². The molecule has 0 unspecified atom stereocenters. The first-order valence-corrected chi connectivity index (χ1v) is 10.9. The Morgan fingerprint density at radius 2 is 1.81 bits per heavy atom. The third-order valence-corrected chi connectivity index (χ3v) is 5.81. The molecule has 164 valence electrons. The third kappa shape index (κ3) is 3.95. The van der Waals surface area contributed by atoms with E-state index < -0.39 is 0 Å². The Kier molecular flexibility index (Phi) is 5.13. The number of hydrogen-bond acceptors (Lipinski definition) is 6. The van der Waals surface area contributed by atoms with Gasteiger partial charge in [-0.05, 0) is 69.9 Å². The third-order valence-electron chi connectivity index (χ3n) is 5.81. The van der Waals surface area contributed by atoms with Gasteiger partial charge in [0, 0.05) is 29.4 Å². The Labute approximate surface area is 187 Å². The summed E-state index contributed by atoms with van der Waals surface area (Å²) in [4.78, 5) is 8.87. The molecule has 0 aliphatic heterocycles. The van der Waals surface area contributed by atoms with Gasteiger partial charge in [0.25, 0.3) is 0 Å². The quantitative estimate of drug-likeness (QED) is 0.462. The summed E-state index contributed by atoms with van der Waals surface area (Å²) in [5.74, 6) is 3.92. The number of anilines is 2. The minimum Gasteiger partial charge on any atom is -0.497 e. The normalized spacial score (nSPS) is 13.4. The summed E-state index contributed by atoms with van der Waals surface area (Å²) in [6.45, 7) is 6.99. The highest BCUT2D eigenvalue weighted by Crippen LogP contribution is 2.35. The lowest BCUT2D eigenvalue weighted by atomic mass is 10.1. The molecule has 5 rings (SSSR count). The summed E-state index contributed by atoms with van der Waals surface area (Å²) in [6.07, 6.45) is 4.08. The Balaban J connectivity index is 1.50. The van der Waals surface area contributed by atoms with E-state index in [9.17, 15) is 0 Å². The summed E-state index contributed by atoms with van der Waals surface area (Å²) in [5, 5.41) is 13.0. The number of benzene rings is 1. The molecule has 32 heavy (non-hydrogen) atoms. The van der Waals surface area contributed by atoms with Gasteiger partial charge in [-0.25, -0.2) is 19.3 Å². The molecule has 8 nitrogen and oxygen atoms in total. The molecule has 1 aromatic carbocycles. The highest BCUT2D eigenvalue weighted by molar-refractivity contribution is 5.71. The minimum atomic E-state index is 0.689. The average molecular weight is 430 g/mol. The van der Waals surface area contributed by atoms with Gasteiger partial charge in [-0.3, -0.25) is 0 Å². The Hall–Kier alpha value is -3.68. The molecule has 0 saturated heterocycles. The second kappa shape index (κ2) is 8.11. The fraction of sp³-hybridized carbons (Fsp3) is 0.333. The number of aryl methyl sites for hydroxylation is 2. The zero-order valence-electron chi connectivity index (χ0n) is 18.8. The smallest absolute Gasteiger partial charge is 0.159 e. The summed E-state index contributed by atoms with van der Waals surface area (Å²) in [6, 6.07) is 12.0. The molecule has 1 aliphatic rings. The van der Waals surface area contributed by atoms with Crippen molar-refractivity contribution in [2.45, 2.75) is 40.2 Å². The van der Waals surface area contributed by atoms with Crippen molar-refractivity contribution < 1.29 is 4.74 Å². The van der Waals surface area contributed by atoms with Gasteiger partial charge in [0.2, 0.25) is 0 Å². The standard InChI is InChI=1S/C24H27N7O/c1-15-11-16(2)31(28-15)22-12-21(25-14-26-22)27-24-17(3)23(29-30(24)13-18-5-6-18)19-7-9-20(32-4)10-8-19/h7-12,14,18H,5-6,13H2,1-4H3,(H,25,26,27). The van der Waals surface area contributed by atoms with Crippen LogP contribution in [0.15, 0.2) is 42.7 Å². The second-order valence-electron chi connectivity index (χ2n) is 8.40. The van der Waals surface area contributed by atoms with E-state index in [1.54, 1.807) is 13.4 Å². The van der Waals surface area contributed by atoms with Crippen LogP contribution in [0.4, 0.5) is 11.6 Å². The van der Waals surface area contributed by atoms with E-state index in [1.807, 2.05) is 54.9 Å². The summed E-state index contributed by atoms with van der Waals surface area (Å²) in [7, 11) is 1.68. The monoisotopic (exact) mass is 429 g/mol. The average Bonchev–Trinajstić information content (AvgIpc) is 3.48. The fourth-order valence-electron chi connectivity index (χ4n) is 3.92. The highest BCUT2D eigenvalue weighted by Gasteiger charge is 2.25. The van der Waals surface area contributed by atoms with Crippen molar-refractivity contribution >= 4 is 11.6 Å². The lowest BCUT2D eigenvalue weighted by molar-refractivity contribution is 0.415. The van der Waals surface area contributed by atoms with E-state index in [0.29, 0.717) is 11.7 Å². The zero-order valence-corrected chi connectivity index (χ0v) is 18.8. The molecular formula is C24H27N7O. The van der Waals surface area contributed by atoms with Crippen LogP contribution < -0.4 is 10.1 Å². The highest BCUT2D eigenvalue weighted by atomic mass is 16.5. The van der Waals surface area contributed by atoms with Crippen molar-refractivity contribution in [3.63, 3.8) is 0 Å². The van der Waals surface area contributed by atoms with Crippen LogP contribution in [0.25, 0.3) is 17.1 Å². The van der Waals surface area contributed by atoms with Crippen molar-refractivity contribution in [2.24, 2.45) is 5.92 Å². The van der Waals surface area contributed by atoms with Crippen LogP contribution >= 0.6 is 0 Å². The number of ether oxygens (including phenoxy) is 1. The summed E-state index contributed by atoms with van der Waals surface area (Å²) < 4.78 is 9.22. The molecule has 0 bridgehead atoms. The van der Waals surface area contributed by atoms with Gasteiger partial charge < -0.3 is 10.1 Å². The van der Waals surface area contributed by atoms with Gasteiger partial charge in [-0.1, -0.05) is 0 Å². The van der Waals surface area contributed by atoms with Gasteiger partial charge in [-0.15, -0.1) is 0 Å². The van der Waals surface area contributed by atoms with Gasteiger partial charge >= 0.3 is 0 Å². The van der Waals surface area contributed by atoms with E-state index in [0.717, 1.165) is 52.1 Å². The SMILES string of the molecule is COc1ccc(-c2nn(CC3CC3)c(Nc3cc(-n4nc(C)cc4C)ncn3)c2C)cc1. The molecule has 8 heteroatoms. The topological polar surface area (TPSA) is 82.7 Å². The van der Waals surface area contributed by atoms with Gasteiger partial charge in [0.15, 0.2) is 5.82 Å². The van der Waals surface area contributed by atoms with Crippen molar-refractivity contribution in [1.82, 2.24) is 29.5 Å². The number of hydrogen-bond donors (Lipinski definition) is 1. The number of rotatable bonds is 7. The van der Waals surface area contributed by atoms with Crippen LogP contribution in [0.2, 0.25) is 0 Å². The summed E-state index contributed by atoms with van der Waals surface area (Å²) in [5.41, 5.74) is 5.10. The molecule has 1 saturated carbocycles. The van der Waals surface area contributed by atoms with Crippen molar-refractivity contribution in [2.75, 3.05) is 12.4 Å². The molecule has 1 aliphatic carbocycles. The molecule has 0 amide bonds. The Bertz CT molecular complexity index is 1250. The number of aromatic nitrogens is 6. The van der Waals surface area contributed by atoms with E-state index in [2.05, 4.69) is 32.0 Å². The second-order valence-corrected chi connectivity index (χ2v) is 8.40. The molecule has 0 spiro atoms. The first kappa shape index (κ1) is 20.2. The molecule has 3 heterocycles. The van der Waals surface area contributed by atoms with E-state index in [-0.39, 0.29) is 0 Å². The number of nitrogens with zero attached hydrogens (tertiary/aromatic N) is 6. The van der Waals surface area contributed by atoms with Crippen LogP contribution in [-0.2, 0) is 6.54 Å². The van der Waals surface area contributed by atoms with Crippen molar-refractivity contribution in [1.29, 1.82) is 0 Å². The first-order chi connectivity index (χ1) is 15.5. The zero-order chi connectivity index (χ0) is 22.2. The molecule has 3 aromatic heterocycles. The molecule has 0 atom stereocenters. The predicted octanol–water partition coefficient (Wildman–Crippen LogP) is 4.61. The lowest BCUT2D eigenvalue weighted by Gasteiger charge is -2.11. The van der Waals surface area contributed by atoms with E-state index in [1.165, 1.54) is 12.8 Å². The van der Waals surface area contributed by atoms with E-state index in [4.69, 9.17) is 9.84 Å². The molecule has 4 aromatic rings. The molecule has 0 radical (unpaired) electrons. The number of nitrogens with one attached hydrogen (secondary N) is 1. The fourth-order valence-corrected chi connectivity index (χ4v) is 3.92. The van der Waals surface area contributed by atoms with Crippen molar-refractivity contribution in [3.8, 4) is 22.8 Å². The molecule has 1 fully saturated rings. The van der Waals surface area contributed by atoms with Crippen LogP contribution in [0, 0.1) is 26.7 Å². The maximum absolute atomic E-state index is 5.30. The van der Waals surface area contributed by atoms with Gasteiger partial charge in [0.1, 0.15) is 23.7 Å². The first-order valence-electron chi connectivity index (χ1n) is 10.9. The molecular weight excluding hydrogens is 402 g/mol. The van der Waals surface area contributed by atoms with Crippen LogP contribution in [0.3, 0.4) is 0 Å². The number of methoxy groups -OCH3 is 1. The summed E-state index contributed by atoms with van der Waals surface area (Å²) >= 11 is 0. The maximum Gasteiger partial charge on any atom is 0.159 e. The molecule has 1 N–H and O–H groups in total. The largest absolute Gasteiger partial charge is 0.497 e. The Morgan fingerprint density at radius 1 is 1.03 bits per heavy atom. The van der Waals surface area contributed by atoms with Gasteiger partial charge in [-0.2, -0.15) is 10.2 Å². The van der Waals surface area contributed by atoms with Crippen molar-refractivity contribution in [3.05, 3.63) is 59.7 Å². The maximum atomic E-state index is 5.30. The Morgan fingerprint density at radius 3 is 2.47 bits per heavy atom. The minimum absolute atomic E-state index is 0.689. The lowest BCUT2D eigenvalue weighted by Crippen LogP contribution is -2.09. The van der Waals surface area contributed by atoms with E-state index >= 15 is 0 Å². The predicted molar refractivity (Wildman–Crippen MR) is 124 cm³/mol. The van der Waals surface area contributed by atoms with Crippen LogP contribution in [-0.4, -0.2) is 36.6 Å². The van der Waals surface area contributed by atoms with Crippen LogP contribution in [0.5, 0.6) is 5.75 Å². The van der Waals surface area contributed by atoms with Gasteiger partial charge in [0.05, 0.1) is 18.5 Å².